The number of aliphatic imine (C=N–C) groups is 1. The standard InChI is InChI=1S/C23H40N4O4.HI/c1-7-24-21(26-16-19-15-17(2)30-18(19)3)27-12-9-20(10-13-27)29-14-8-11-25-22(28)31-23(4,5)6;/h15,20H,7-14,16H2,1-6H3,(H,24,26)(H,25,28);1H. The summed E-state index contributed by atoms with van der Waals surface area (Å²) in [7, 11) is 0. The van der Waals surface area contributed by atoms with Crippen LogP contribution in [-0.2, 0) is 16.0 Å². The Bertz CT molecular complexity index is 722. The van der Waals surface area contributed by atoms with E-state index in [2.05, 4.69) is 28.5 Å². The number of nitrogens with zero attached hydrogens (tertiary/aromatic N) is 2. The lowest BCUT2D eigenvalue weighted by molar-refractivity contribution is 0.0170. The molecule has 0 radical (unpaired) electrons. The highest BCUT2D eigenvalue weighted by molar-refractivity contribution is 14.0. The van der Waals surface area contributed by atoms with Crippen molar-refractivity contribution in [2.75, 3.05) is 32.8 Å². The van der Waals surface area contributed by atoms with E-state index in [0.29, 0.717) is 19.7 Å². The van der Waals surface area contributed by atoms with Crippen molar-refractivity contribution in [2.45, 2.75) is 79.1 Å². The molecule has 1 aromatic rings. The van der Waals surface area contributed by atoms with Crippen molar-refractivity contribution < 1.29 is 18.7 Å². The van der Waals surface area contributed by atoms with Crippen molar-refractivity contribution in [3.63, 3.8) is 0 Å². The highest BCUT2D eigenvalue weighted by Crippen LogP contribution is 2.17. The molecule has 1 aliphatic rings. The summed E-state index contributed by atoms with van der Waals surface area (Å²) >= 11 is 0. The number of ether oxygens (including phenoxy) is 2. The molecule has 1 fully saturated rings. The van der Waals surface area contributed by atoms with E-state index < -0.39 is 5.60 Å². The van der Waals surface area contributed by atoms with Gasteiger partial charge in [-0.25, -0.2) is 9.79 Å². The van der Waals surface area contributed by atoms with Crippen LogP contribution in [0.15, 0.2) is 15.5 Å². The Morgan fingerprint density at radius 3 is 2.50 bits per heavy atom. The summed E-state index contributed by atoms with van der Waals surface area (Å²) in [5, 5.41) is 6.17. The summed E-state index contributed by atoms with van der Waals surface area (Å²) in [6, 6.07) is 2.06. The number of rotatable bonds is 8. The van der Waals surface area contributed by atoms with E-state index in [1.54, 1.807) is 0 Å². The highest BCUT2D eigenvalue weighted by atomic mass is 127. The Kier molecular flexibility index (Phi) is 12.4. The number of nitrogens with one attached hydrogen (secondary N) is 2. The van der Waals surface area contributed by atoms with Crippen LogP contribution in [0.5, 0.6) is 0 Å². The molecule has 0 bridgehead atoms. The van der Waals surface area contributed by atoms with Crippen molar-refractivity contribution in [2.24, 2.45) is 4.99 Å². The number of halogens is 1. The zero-order valence-electron chi connectivity index (χ0n) is 20.5. The first-order valence-corrected chi connectivity index (χ1v) is 11.4. The van der Waals surface area contributed by atoms with E-state index in [9.17, 15) is 4.79 Å². The van der Waals surface area contributed by atoms with Crippen molar-refractivity contribution in [1.82, 2.24) is 15.5 Å². The van der Waals surface area contributed by atoms with Crippen LogP contribution in [0, 0.1) is 13.8 Å². The lowest BCUT2D eigenvalue weighted by Gasteiger charge is -2.34. The van der Waals surface area contributed by atoms with Gasteiger partial charge in [0.1, 0.15) is 17.1 Å². The molecular weight excluding hydrogens is 523 g/mol. The summed E-state index contributed by atoms with van der Waals surface area (Å²) in [4.78, 5) is 18.8. The van der Waals surface area contributed by atoms with Crippen LogP contribution in [0.4, 0.5) is 4.79 Å². The minimum atomic E-state index is -0.473. The number of likely N-dealkylation sites (tertiary alicyclic amines) is 1. The molecule has 2 N–H and O–H groups in total. The molecule has 0 aromatic carbocycles. The van der Waals surface area contributed by atoms with Gasteiger partial charge in [0.05, 0.1) is 12.6 Å². The second-order valence-corrected chi connectivity index (χ2v) is 8.95. The molecule has 0 aliphatic carbocycles. The average Bonchev–Trinajstić information content (AvgIpc) is 3.01. The van der Waals surface area contributed by atoms with Crippen LogP contribution in [0.2, 0.25) is 0 Å². The third kappa shape index (κ3) is 10.4. The second kappa shape index (κ2) is 13.9. The molecule has 0 unspecified atom stereocenters. The molecule has 2 heterocycles. The van der Waals surface area contributed by atoms with Gasteiger partial charge in [-0.1, -0.05) is 0 Å². The molecule has 1 aromatic heterocycles. The molecule has 0 atom stereocenters. The zero-order chi connectivity index (χ0) is 22.9. The van der Waals surface area contributed by atoms with Gasteiger partial charge in [0, 0.05) is 38.3 Å². The van der Waals surface area contributed by atoms with Gasteiger partial charge in [0.25, 0.3) is 0 Å². The summed E-state index contributed by atoms with van der Waals surface area (Å²) in [6.45, 7) is 16.1. The van der Waals surface area contributed by atoms with E-state index in [1.165, 1.54) is 0 Å². The Morgan fingerprint density at radius 1 is 1.25 bits per heavy atom. The first kappa shape index (κ1) is 28.5. The van der Waals surface area contributed by atoms with Gasteiger partial charge in [-0.15, -0.1) is 24.0 Å². The van der Waals surface area contributed by atoms with E-state index in [0.717, 1.165) is 61.9 Å². The fourth-order valence-corrected chi connectivity index (χ4v) is 3.49. The monoisotopic (exact) mass is 564 g/mol. The van der Waals surface area contributed by atoms with Crippen molar-refractivity contribution in [3.05, 3.63) is 23.2 Å². The molecule has 1 saturated heterocycles. The molecule has 0 saturated carbocycles. The number of hydrogen-bond donors (Lipinski definition) is 2. The first-order valence-electron chi connectivity index (χ1n) is 11.4. The van der Waals surface area contributed by atoms with Gasteiger partial charge in [0.2, 0.25) is 0 Å². The predicted octanol–water partition coefficient (Wildman–Crippen LogP) is 4.38. The van der Waals surface area contributed by atoms with Gasteiger partial charge >= 0.3 is 6.09 Å². The second-order valence-electron chi connectivity index (χ2n) is 8.95. The van der Waals surface area contributed by atoms with Crippen molar-refractivity contribution >= 4 is 36.0 Å². The molecule has 184 valence electrons. The van der Waals surface area contributed by atoms with Crippen LogP contribution in [0.25, 0.3) is 0 Å². The number of guanidine groups is 1. The average molecular weight is 565 g/mol. The Balaban J connectivity index is 0.00000512. The van der Waals surface area contributed by atoms with Crippen LogP contribution < -0.4 is 10.6 Å². The third-order valence-corrected chi connectivity index (χ3v) is 4.96. The van der Waals surface area contributed by atoms with E-state index in [-0.39, 0.29) is 36.2 Å². The summed E-state index contributed by atoms with van der Waals surface area (Å²) < 4.78 is 16.8. The lowest BCUT2D eigenvalue weighted by atomic mass is 10.1. The van der Waals surface area contributed by atoms with E-state index in [1.807, 2.05) is 34.6 Å². The number of piperidine rings is 1. The molecule has 1 amide bonds. The summed E-state index contributed by atoms with van der Waals surface area (Å²) in [6.07, 6.45) is 2.57. The largest absolute Gasteiger partial charge is 0.466 e. The van der Waals surface area contributed by atoms with Gasteiger partial charge in [-0.05, 0) is 66.9 Å². The quantitative estimate of drug-likeness (QED) is 0.211. The number of carbonyl (C=O) groups is 1. The maximum Gasteiger partial charge on any atom is 0.407 e. The highest BCUT2D eigenvalue weighted by Gasteiger charge is 2.22. The smallest absolute Gasteiger partial charge is 0.407 e. The number of aryl methyl sites for hydroxylation is 2. The topological polar surface area (TPSA) is 88.3 Å². The maximum absolute atomic E-state index is 11.6. The fourth-order valence-electron chi connectivity index (χ4n) is 3.49. The number of alkyl carbamates (subject to hydrolysis) is 1. The maximum atomic E-state index is 11.6. The van der Waals surface area contributed by atoms with Crippen LogP contribution in [0.1, 0.15) is 64.0 Å². The van der Waals surface area contributed by atoms with Crippen LogP contribution in [-0.4, -0.2) is 61.4 Å². The first-order chi connectivity index (χ1) is 14.7. The molecule has 9 heteroatoms. The molecule has 32 heavy (non-hydrogen) atoms. The minimum Gasteiger partial charge on any atom is -0.466 e. The van der Waals surface area contributed by atoms with Crippen LogP contribution in [0.3, 0.4) is 0 Å². The molecule has 0 spiro atoms. The van der Waals surface area contributed by atoms with Crippen LogP contribution >= 0.6 is 24.0 Å². The van der Waals surface area contributed by atoms with Crippen molar-refractivity contribution in [1.29, 1.82) is 0 Å². The molecule has 8 nitrogen and oxygen atoms in total. The lowest BCUT2D eigenvalue weighted by Crippen LogP contribution is -2.47. The zero-order valence-corrected chi connectivity index (χ0v) is 22.8. The number of furan rings is 1. The Hall–Kier alpha value is -1.49. The number of carbonyl (C=O) groups excluding carboxylic acids is 1. The summed E-state index contributed by atoms with van der Waals surface area (Å²) in [5.41, 5.74) is 0.658. The van der Waals surface area contributed by atoms with Gasteiger partial charge in [-0.3, -0.25) is 0 Å². The number of amides is 1. The van der Waals surface area contributed by atoms with E-state index >= 15 is 0 Å². The summed E-state index contributed by atoms with van der Waals surface area (Å²) in [5.74, 6) is 2.80. The molecular formula is C23H41IN4O4. The van der Waals surface area contributed by atoms with E-state index in [4.69, 9.17) is 18.9 Å². The van der Waals surface area contributed by atoms with Gasteiger partial charge in [0.15, 0.2) is 5.96 Å². The van der Waals surface area contributed by atoms with Crippen molar-refractivity contribution in [3.8, 4) is 0 Å². The van der Waals surface area contributed by atoms with Gasteiger partial charge < -0.3 is 29.4 Å². The predicted molar refractivity (Wildman–Crippen MR) is 138 cm³/mol. The third-order valence-electron chi connectivity index (χ3n) is 4.96. The fraction of sp³-hybridized carbons (Fsp3) is 0.739. The molecule has 2 rings (SSSR count). The Morgan fingerprint density at radius 2 is 1.94 bits per heavy atom. The Labute approximate surface area is 209 Å². The normalized spacial score (nSPS) is 15.3. The van der Waals surface area contributed by atoms with Gasteiger partial charge in [-0.2, -0.15) is 0 Å². The molecule has 1 aliphatic heterocycles. The number of hydrogen-bond acceptors (Lipinski definition) is 5. The minimum absolute atomic E-state index is 0. The SMILES string of the molecule is CCNC(=NCc1cc(C)oc1C)N1CCC(OCCCNC(=O)OC(C)(C)C)CC1.I.